The molecule has 1 saturated carbocycles. The van der Waals surface area contributed by atoms with Crippen molar-refractivity contribution in [1.29, 1.82) is 0 Å². The summed E-state index contributed by atoms with van der Waals surface area (Å²) in [4.78, 5) is 27.9. The minimum atomic E-state index is -0.0922. The number of fused-ring (bicyclic) bond motifs is 3. The Morgan fingerprint density at radius 1 is 1.12 bits per heavy atom. The van der Waals surface area contributed by atoms with E-state index in [9.17, 15) is 9.59 Å². The summed E-state index contributed by atoms with van der Waals surface area (Å²) in [5, 5.41) is 3.01. The van der Waals surface area contributed by atoms with Crippen molar-refractivity contribution in [2.45, 2.75) is 82.5 Å². The Bertz CT molecular complexity index is 778. The number of carbonyl (C=O) groups is 2. The van der Waals surface area contributed by atoms with E-state index in [-0.39, 0.29) is 24.3 Å². The number of urea groups is 1. The number of carbonyl (C=O) groups excluding carboxylic acids is 2. The molecule has 0 radical (unpaired) electrons. The predicted octanol–water partition coefficient (Wildman–Crippen LogP) is 4.06. The van der Waals surface area contributed by atoms with Gasteiger partial charge in [-0.3, -0.25) is 4.48 Å². The first-order valence-electron chi connectivity index (χ1n) is 12.6. The fourth-order valence-corrected chi connectivity index (χ4v) is 6.01. The number of amides is 3. The lowest BCUT2D eigenvalue weighted by molar-refractivity contribution is -0.840. The van der Waals surface area contributed by atoms with Crippen LogP contribution >= 0.6 is 0 Å². The summed E-state index contributed by atoms with van der Waals surface area (Å²) in [6, 6.07) is 10.9. The molecule has 3 unspecified atom stereocenters. The molecule has 6 heteroatoms. The molecule has 2 aliphatic heterocycles. The molecule has 2 bridgehead atoms. The zero-order chi connectivity index (χ0) is 22.6. The van der Waals surface area contributed by atoms with Gasteiger partial charge in [0, 0.05) is 19.5 Å². The van der Waals surface area contributed by atoms with Gasteiger partial charge in [-0.15, -0.1) is 0 Å². The van der Waals surface area contributed by atoms with Crippen LogP contribution in [0.5, 0.6) is 0 Å². The van der Waals surface area contributed by atoms with Crippen molar-refractivity contribution in [3.8, 4) is 0 Å². The van der Waals surface area contributed by atoms with Crippen LogP contribution in [0.2, 0.25) is 0 Å². The van der Waals surface area contributed by atoms with Gasteiger partial charge in [-0.2, -0.15) is 0 Å². The van der Waals surface area contributed by atoms with Crippen molar-refractivity contribution in [3.63, 3.8) is 0 Å². The first-order chi connectivity index (χ1) is 15.5. The Morgan fingerprint density at radius 3 is 2.59 bits per heavy atom. The van der Waals surface area contributed by atoms with Gasteiger partial charge in [0.15, 0.2) is 0 Å². The van der Waals surface area contributed by atoms with E-state index in [0.29, 0.717) is 42.4 Å². The van der Waals surface area contributed by atoms with Crippen LogP contribution < -0.4 is 5.32 Å². The molecule has 3 fully saturated rings. The van der Waals surface area contributed by atoms with Gasteiger partial charge in [0.05, 0.1) is 32.2 Å². The Labute approximate surface area is 192 Å². The van der Waals surface area contributed by atoms with Gasteiger partial charge in [0.1, 0.15) is 12.6 Å². The third kappa shape index (κ3) is 5.18. The lowest BCUT2D eigenvalue weighted by atomic mass is 9.82. The molecule has 1 N–H and O–H groups in total. The molecule has 2 saturated heterocycles. The molecule has 176 valence electrons. The average molecular weight is 443 g/mol. The fraction of sp³-hybridized carbons (Fsp3) is 0.692. The van der Waals surface area contributed by atoms with Crippen LogP contribution in [0.4, 0.5) is 4.79 Å². The standard InChI is InChI=1S/C26H39N3O3/c1-3-27-26(31)28-17-8-18-29(2)19-24(23(28)11-7-12-25(29)30)32-22-15-13-21(14-16-22)20-9-5-4-6-10-20/h4-6,9-10,21-24H,3,7-8,11-19H2,1-2H3/p+1. The van der Waals surface area contributed by atoms with E-state index in [1.165, 1.54) is 5.56 Å². The van der Waals surface area contributed by atoms with Gasteiger partial charge in [0.2, 0.25) is 0 Å². The quantitative estimate of drug-likeness (QED) is 0.716. The third-order valence-electron chi connectivity index (χ3n) is 7.86. The highest BCUT2D eigenvalue weighted by Crippen LogP contribution is 2.36. The van der Waals surface area contributed by atoms with Gasteiger partial charge < -0.3 is 15.0 Å². The SMILES string of the molecule is CCNC(=O)N1CCC[N+]2(C)CC(OC3CCC(c4ccccc4)CC3)C1CCCC2=O. The van der Waals surface area contributed by atoms with E-state index >= 15 is 0 Å². The van der Waals surface area contributed by atoms with Gasteiger partial charge in [-0.25, -0.2) is 9.59 Å². The molecule has 3 amide bonds. The van der Waals surface area contributed by atoms with Crippen molar-refractivity contribution >= 4 is 11.9 Å². The summed E-state index contributed by atoms with van der Waals surface area (Å²) in [5.74, 6) is 0.939. The molecule has 1 aromatic rings. The van der Waals surface area contributed by atoms with Crippen molar-refractivity contribution in [3.05, 3.63) is 35.9 Å². The molecule has 3 atom stereocenters. The Hall–Kier alpha value is -1.92. The fourth-order valence-electron chi connectivity index (χ4n) is 6.01. The molecule has 2 heterocycles. The minimum Gasteiger partial charge on any atom is -0.367 e. The summed E-state index contributed by atoms with van der Waals surface area (Å²) in [7, 11) is 2.08. The van der Waals surface area contributed by atoms with Crippen molar-refractivity contribution in [2.24, 2.45) is 0 Å². The monoisotopic (exact) mass is 442 g/mol. The van der Waals surface area contributed by atoms with Crippen LogP contribution in [0.15, 0.2) is 30.3 Å². The van der Waals surface area contributed by atoms with Crippen LogP contribution in [-0.2, 0) is 9.53 Å². The van der Waals surface area contributed by atoms with Crippen LogP contribution in [0.1, 0.15) is 69.8 Å². The van der Waals surface area contributed by atoms with Crippen molar-refractivity contribution < 1.29 is 18.8 Å². The maximum atomic E-state index is 13.0. The molecular weight excluding hydrogens is 402 g/mol. The predicted molar refractivity (Wildman–Crippen MR) is 125 cm³/mol. The highest BCUT2D eigenvalue weighted by Gasteiger charge is 2.45. The van der Waals surface area contributed by atoms with E-state index in [4.69, 9.17) is 4.74 Å². The molecule has 4 rings (SSSR count). The smallest absolute Gasteiger partial charge is 0.317 e. The van der Waals surface area contributed by atoms with Crippen LogP contribution in [0.25, 0.3) is 0 Å². The molecular formula is C26H40N3O3+. The maximum absolute atomic E-state index is 13.0. The first kappa shape index (κ1) is 23.2. The molecule has 6 nitrogen and oxygen atoms in total. The van der Waals surface area contributed by atoms with Crippen LogP contribution in [0.3, 0.4) is 0 Å². The number of benzene rings is 1. The second-order valence-electron chi connectivity index (χ2n) is 10.1. The van der Waals surface area contributed by atoms with Crippen molar-refractivity contribution in [2.75, 3.05) is 33.2 Å². The number of rotatable bonds is 4. The number of ether oxygens (including phenoxy) is 1. The van der Waals surface area contributed by atoms with E-state index < -0.39 is 0 Å². The van der Waals surface area contributed by atoms with Crippen LogP contribution in [0, 0.1) is 0 Å². The maximum Gasteiger partial charge on any atom is 0.317 e. The topological polar surface area (TPSA) is 58.6 Å². The Morgan fingerprint density at radius 2 is 1.88 bits per heavy atom. The van der Waals surface area contributed by atoms with Crippen molar-refractivity contribution in [1.82, 2.24) is 10.2 Å². The van der Waals surface area contributed by atoms with E-state index in [1.807, 2.05) is 11.8 Å². The molecule has 1 aliphatic carbocycles. The van der Waals surface area contributed by atoms with Gasteiger partial charge in [-0.05, 0) is 56.9 Å². The lowest BCUT2D eigenvalue weighted by Gasteiger charge is -2.46. The largest absolute Gasteiger partial charge is 0.367 e. The van der Waals surface area contributed by atoms with Crippen LogP contribution in [-0.4, -0.2) is 72.8 Å². The molecule has 0 aromatic heterocycles. The molecule has 3 aliphatic rings. The summed E-state index contributed by atoms with van der Waals surface area (Å²) in [6.45, 7) is 4.74. The van der Waals surface area contributed by atoms with Gasteiger partial charge >= 0.3 is 11.9 Å². The lowest BCUT2D eigenvalue weighted by Crippen LogP contribution is -2.64. The number of nitrogens with zero attached hydrogens (tertiary/aromatic N) is 2. The summed E-state index contributed by atoms with van der Waals surface area (Å²) >= 11 is 0. The number of likely N-dealkylation sites (N-methyl/N-ethyl adjacent to an activating group) is 1. The van der Waals surface area contributed by atoms with E-state index in [1.54, 1.807) is 0 Å². The molecule has 1 aromatic carbocycles. The normalized spacial score (nSPS) is 33.7. The zero-order valence-electron chi connectivity index (χ0n) is 19.8. The molecule has 0 spiro atoms. The third-order valence-corrected chi connectivity index (χ3v) is 7.86. The Kier molecular flexibility index (Phi) is 7.51. The van der Waals surface area contributed by atoms with E-state index in [0.717, 1.165) is 51.5 Å². The highest BCUT2D eigenvalue weighted by molar-refractivity contribution is 5.74. The van der Waals surface area contributed by atoms with Gasteiger partial charge in [-0.1, -0.05) is 30.3 Å². The second kappa shape index (κ2) is 10.3. The Balaban J connectivity index is 1.49. The number of hydrogen-bond acceptors (Lipinski definition) is 3. The first-order valence-corrected chi connectivity index (χ1v) is 12.6. The summed E-state index contributed by atoms with van der Waals surface area (Å²) in [6.07, 6.45) is 7.60. The number of hydrogen-bond donors (Lipinski definition) is 1. The van der Waals surface area contributed by atoms with E-state index in [2.05, 4.69) is 42.7 Å². The number of quaternary nitrogens is 1. The highest BCUT2D eigenvalue weighted by atomic mass is 16.5. The number of nitrogens with one attached hydrogen (secondary N) is 1. The zero-order valence-corrected chi connectivity index (χ0v) is 19.8. The summed E-state index contributed by atoms with van der Waals surface area (Å²) < 4.78 is 7.25. The minimum absolute atomic E-state index is 0.0156. The van der Waals surface area contributed by atoms with Gasteiger partial charge in [0.25, 0.3) is 0 Å². The summed E-state index contributed by atoms with van der Waals surface area (Å²) in [5.41, 5.74) is 1.43. The molecule has 32 heavy (non-hydrogen) atoms. The second-order valence-corrected chi connectivity index (χ2v) is 10.1. The average Bonchev–Trinajstić information content (AvgIpc) is 2.79.